The van der Waals surface area contributed by atoms with Crippen molar-refractivity contribution in [2.24, 2.45) is 0 Å². The first-order chi connectivity index (χ1) is 9.60. The van der Waals surface area contributed by atoms with E-state index < -0.39 is 0 Å². The van der Waals surface area contributed by atoms with Gasteiger partial charge in [0.25, 0.3) is 0 Å². The van der Waals surface area contributed by atoms with Gasteiger partial charge in [0.05, 0.1) is 23.7 Å². The highest BCUT2D eigenvalue weighted by Gasteiger charge is 2.16. The van der Waals surface area contributed by atoms with Gasteiger partial charge in [0.2, 0.25) is 5.88 Å². The number of halogens is 1. The minimum Gasteiger partial charge on any atom is -0.480 e. The third kappa shape index (κ3) is 2.15. The average Bonchev–Trinajstić information content (AvgIpc) is 2.81. The molecule has 0 saturated heterocycles. The molecule has 2 heterocycles. The third-order valence-electron chi connectivity index (χ3n) is 3.22. The van der Waals surface area contributed by atoms with Crippen LogP contribution < -0.4 is 4.74 Å². The Bertz CT molecular complexity index is 795. The highest BCUT2D eigenvalue weighted by atomic mass is 127. The van der Waals surface area contributed by atoms with E-state index in [4.69, 9.17) is 9.72 Å². The molecule has 20 heavy (non-hydrogen) atoms. The molecule has 5 heteroatoms. The summed E-state index contributed by atoms with van der Waals surface area (Å²) in [5, 5.41) is 0. The van der Waals surface area contributed by atoms with Crippen molar-refractivity contribution in [2.45, 2.75) is 13.8 Å². The summed E-state index contributed by atoms with van der Waals surface area (Å²) < 4.78 is 6.41. The standard InChI is InChI=1S/C15H14IN3O/c1-8-6-9(2)13-11(7-8)18-14(19-13)12-10(16)4-5-17-15(12)20-3/h4-7H,1-3H3,(H,18,19). The number of aryl methyl sites for hydroxylation is 2. The maximum absolute atomic E-state index is 5.35. The van der Waals surface area contributed by atoms with Gasteiger partial charge in [0.15, 0.2) is 0 Å². The minimum atomic E-state index is 0.588. The Kier molecular flexibility index (Phi) is 3.37. The lowest BCUT2D eigenvalue weighted by Crippen LogP contribution is -1.95. The Balaban J connectivity index is 2.28. The maximum atomic E-state index is 5.35. The molecule has 0 bridgehead atoms. The summed E-state index contributed by atoms with van der Waals surface area (Å²) in [4.78, 5) is 12.3. The van der Waals surface area contributed by atoms with Crippen molar-refractivity contribution < 1.29 is 4.74 Å². The fourth-order valence-electron chi connectivity index (χ4n) is 2.38. The number of hydrogen-bond donors (Lipinski definition) is 1. The highest BCUT2D eigenvalue weighted by molar-refractivity contribution is 14.1. The normalized spacial score (nSPS) is 11.0. The molecule has 1 aromatic carbocycles. The van der Waals surface area contributed by atoms with Crippen molar-refractivity contribution in [3.05, 3.63) is 39.1 Å². The minimum absolute atomic E-state index is 0.588. The topological polar surface area (TPSA) is 50.8 Å². The largest absolute Gasteiger partial charge is 0.480 e. The fraction of sp³-hybridized carbons (Fsp3) is 0.200. The Labute approximate surface area is 130 Å². The van der Waals surface area contributed by atoms with Crippen molar-refractivity contribution in [3.8, 4) is 17.3 Å². The van der Waals surface area contributed by atoms with Crippen LogP contribution in [0, 0.1) is 17.4 Å². The summed E-state index contributed by atoms with van der Waals surface area (Å²) in [6.45, 7) is 4.16. The number of benzene rings is 1. The van der Waals surface area contributed by atoms with Crippen LogP contribution in [-0.2, 0) is 0 Å². The number of ether oxygens (including phenoxy) is 1. The third-order valence-corrected chi connectivity index (χ3v) is 4.12. The van der Waals surface area contributed by atoms with Gasteiger partial charge in [-0.05, 0) is 59.7 Å². The van der Waals surface area contributed by atoms with E-state index in [9.17, 15) is 0 Å². The number of rotatable bonds is 2. The van der Waals surface area contributed by atoms with Gasteiger partial charge in [-0.3, -0.25) is 0 Å². The molecule has 0 saturated carbocycles. The Hall–Kier alpha value is -1.63. The molecule has 0 aliphatic carbocycles. The number of hydrogen-bond acceptors (Lipinski definition) is 3. The lowest BCUT2D eigenvalue weighted by atomic mass is 10.1. The molecule has 3 aromatic rings. The smallest absolute Gasteiger partial charge is 0.225 e. The van der Waals surface area contributed by atoms with Gasteiger partial charge in [0.1, 0.15) is 5.82 Å². The number of aromatic nitrogens is 3. The quantitative estimate of drug-likeness (QED) is 0.689. The van der Waals surface area contributed by atoms with Crippen molar-refractivity contribution in [3.63, 3.8) is 0 Å². The summed E-state index contributed by atoms with van der Waals surface area (Å²) in [6.07, 6.45) is 1.74. The monoisotopic (exact) mass is 379 g/mol. The van der Waals surface area contributed by atoms with Gasteiger partial charge < -0.3 is 9.72 Å². The predicted octanol–water partition coefficient (Wildman–Crippen LogP) is 3.85. The van der Waals surface area contributed by atoms with Gasteiger partial charge in [-0.1, -0.05) is 6.07 Å². The zero-order valence-corrected chi connectivity index (χ0v) is 13.6. The van der Waals surface area contributed by atoms with Crippen molar-refractivity contribution in [1.29, 1.82) is 0 Å². The van der Waals surface area contributed by atoms with Crippen LogP contribution in [0.1, 0.15) is 11.1 Å². The molecule has 0 atom stereocenters. The van der Waals surface area contributed by atoms with Crippen LogP contribution in [-0.4, -0.2) is 22.1 Å². The van der Waals surface area contributed by atoms with E-state index in [1.165, 1.54) is 11.1 Å². The van der Waals surface area contributed by atoms with Crippen molar-refractivity contribution in [2.75, 3.05) is 7.11 Å². The van der Waals surface area contributed by atoms with E-state index >= 15 is 0 Å². The van der Waals surface area contributed by atoms with Crippen molar-refractivity contribution >= 4 is 33.6 Å². The molecule has 102 valence electrons. The lowest BCUT2D eigenvalue weighted by Gasteiger charge is -2.06. The van der Waals surface area contributed by atoms with E-state index in [-0.39, 0.29) is 0 Å². The van der Waals surface area contributed by atoms with E-state index in [0.717, 1.165) is 26.0 Å². The Morgan fingerprint density at radius 1 is 1.25 bits per heavy atom. The van der Waals surface area contributed by atoms with Gasteiger partial charge in [-0.15, -0.1) is 0 Å². The van der Waals surface area contributed by atoms with Crippen LogP contribution in [0.15, 0.2) is 24.4 Å². The van der Waals surface area contributed by atoms with Crippen LogP contribution in [0.2, 0.25) is 0 Å². The molecule has 0 aliphatic heterocycles. The second-order valence-corrected chi connectivity index (χ2v) is 5.90. The first-order valence-corrected chi connectivity index (χ1v) is 7.34. The summed E-state index contributed by atoms with van der Waals surface area (Å²) >= 11 is 2.27. The molecule has 2 aromatic heterocycles. The molecular formula is C15H14IN3O. The van der Waals surface area contributed by atoms with E-state index in [1.54, 1.807) is 13.3 Å². The molecule has 3 rings (SSSR count). The van der Waals surface area contributed by atoms with Crippen LogP contribution >= 0.6 is 22.6 Å². The Morgan fingerprint density at radius 3 is 2.80 bits per heavy atom. The Morgan fingerprint density at radius 2 is 2.05 bits per heavy atom. The van der Waals surface area contributed by atoms with E-state index in [0.29, 0.717) is 5.88 Å². The van der Waals surface area contributed by atoms with Crippen LogP contribution in [0.3, 0.4) is 0 Å². The number of methoxy groups -OCH3 is 1. The zero-order chi connectivity index (χ0) is 14.3. The predicted molar refractivity (Wildman–Crippen MR) is 88.1 cm³/mol. The van der Waals surface area contributed by atoms with Gasteiger partial charge >= 0.3 is 0 Å². The zero-order valence-electron chi connectivity index (χ0n) is 11.5. The second kappa shape index (κ2) is 5.05. The average molecular weight is 379 g/mol. The number of nitrogens with one attached hydrogen (secondary N) is 1. The molecule has 0 fully saturated rings. The lowest BCUT2D eigenvalue weighted by molar-refractivity contribution is 0.399. The number of H-pyrrole nitrogens is 1. The van der Waals surface area contributed by atoms with E-state index in [1.807, 2.05) is 6.07 Å². The van der Waals surface area contributed by atoms with Crippen LogP contribution in [0.5, 0.6) is 5.88 Å². The summed E-state index contributed by atoms with van der Waals surface area (Å²) in [5.74, 6) is 1.38. The molecular weight excluding hydrogens is 365 g/mol. The van der Waals surface area contributed by atoms with Gasteiger partial charge in [-0.2, -0.15) is 0 Å². The number of aromatic amines is 1. The van der Waals surface area contributed by atoms with Gasteiger partial charge in [0, 0.05) is 9.77 Å². The number of pyridine rings is 1. The number of nitrogens with zero attached hydrogens (tertiary/aromatic N) is 2. The number of imidazole rings is 1. The SMILES string of the molecule is COc1nccc(I)c1-c1nc2c(C)cc(C)cc2[nH]1. The number of fused-ring (bicyclic) bond motifs is 1. The first-order valence-electron chi connectivity index (χ1n) is 6.26. The summed E-state index contributed by atoms with van der Waals surface area (Å²) in [6, 6.07) is 6.19. The molecule has 0 unspecified atom stereocenters. The summed E-state index contributed by atoms with van der Waals surface area (Å²) in [5.41, 5.74) is 5.33. The van der Waals surface area contributed by atoms with Crippen LogP contribution in [0.4, 0.5) is 0 Å². The molecule has 0 radical (unpaired) electrons. The van der Waals surface area contributed by atoms with Crippen LogP contribution in [0.25, 0.3) is 22.4 Å². The highest BCUT2D eigenvalue weighted by Crippen LogP contribution is 2.32. The first kappa shape index (κ1) is 13.4. The van der Waals surface area contributed by atoms with E-state index in [2.05, 4.69) is 58.5 Å². The summed E-state index contributed by atoms with van der Waals surface area (Å²) in [7, 11) is 1.62. The molecule has 0 spiro atoms. The molecule has 1 N–H and O–H groups in total. The maximum Gasteiger partial charge on any atom is 0.225 e. The second-order valence-electron chi connectivity index (χ2n) is 4.74. The molecule has 0 amide bonds. The van der Waals surface area contributed by atoms with Crippen molar-refractivity contribution in [1.82, 2.24) is 15.0 Å². The fourth-order valence-corrected chi connectivity index (χ4v) is 3.03. The molecule has 4 nitrogen and oxygen atoms in total. The van der Waals surface area contributed by atoms with Gasteiger partial charge in [-0.25, -0.2) is 9.97 Å². The molecule has 0 aliphatic rings.